The van der Waals surface area contributed by atoms with E-state index in [1.165, 1.54) is 24.3 Å². The van der Waals surface area contributed by atoms with Gasteiger partial charge in [0.1, 0.15) is 6.33 Å². The highest BCUT2D eigenvalue weighted by Crippen LogP contribution is 2.38. The smallest absolute Gasteiger partial charge is 0.434 e. The molecule has 2 heterocycles. The van der Waals surface area contributed by atoms with Gasteiger partial charge in [0, 0.05) is 11.1 Å². The Labute approximate surface area is 184 Å². The van der Waals surface area contributed by atoms with Crippen molar-refractivity contribution in [1.29, 1.82) is 0 Å². The predicted octanol–water partition coefficient (Wildman–Crippen LogP) is 3.83. The summed E-state index contributed by atoms with van der Waals surface area (Å²) in [4.78, 5) is 16.4. The van der Waals surface area contributed by atoms with Crippen molar-refractivity contribution in [3.8, 4) is 11.3 Å². The predicted molar refractivity (Wildman–Crippen MR) is 106 cm³/mol. The van der Waals surface area contributed by atoms with Gasteiger partial charge in [-0.2, -0.15) is 30.8 Å². The number of carboxylic acid groups (broad SMARTS) is 1. The van der Waals surface area contributed by atoms with Gasteiger partial charge in [-0.15, -0.1) is 0 Å². The molecule has 0 fully saturated rings. The molecule has 0 atom stereocenters. The van der Waals surface area contributed by atoms with Gasteiger partial charge in [0.25, 0.3) is 10.0 Å². The third kappa shape index (κ3) is 3.73. The standard InChI is InChI=1S/C19H14ClF3N4O4S/c20-17-15(16(19(21,22)23)24-9-25-17)32(30,31)27-13-4-2-1-3-12(13)14(26-27)10-5-7-11(8-6-10)18(28)29/h5-9H,1-4H2,(H,28,29). The van der Waals surface area contributed by atoms with Gasteiger partial charge in [-0.1, -0.05) is 23.7 Å². The highest BCUT2D eigenvalue weighted by atomic mass is 35.5. The van der Waals surface area contributed by atoms with Crippen LogP contribution in [0.2, 0.25) is 5.15 Å². The molecule has 0 radical (unpaired) electrons. The van der Waals surface area contributed by atoms with Crippen LogP contribution in [0.4, 0.5) is 13.2 Å². The summed E-state index contributed by atoms with van der Waals surface area (Å²) in [6.45, 7) is 0. The van der Waals surface area contributed by atoms with Crippen molar-refractivity contribution in [3.63, 3.8) is 0 Å². The van der Waals surface area contributed by atoms with Crippen LogP contribution in [0.5, 0.6) is 0 Å². The Kier molecular flexibility index (Phi) is 5.45. The van der Waals surface area contributed by atoms with Gasteiger partial charge >= 0.3 is 12.1 Å². The first kappa shape index (κ1) is 22.2. The van der Waals surface area contributed by atoms with Crippen LogP contribution in [-0.4, -0.2) is 38.6 Å². The van der Waals surface area contributed by atoms with E-state index in [9.17, 15) is 26.4 Å². The number of alkyl halides is 3. The molecule has 0 saturated heterocycles. The summed E-state index contributed by atoms with van der Waals surface area (Å²) < 4.78 is 67.7. The van der Waals surface area contributed by atoms with E-state index < -0.39 is 37.9 Å². The second-order valence-corrected chi connectivity index (χ2v) is 9.11. The summed E-state index contributed by atoms with van der Waals surface area (Å²) in [7, 11) is -4.90. The third-order valence-electron chi connectivity index (χ3n) is 5.07. The average molecular weight is 487 g/mol. The first-order valence-electron chi connectivity index (χ1n) is 9.29. The zero-order valence-electron chi connectivity index (χ0n) is 16.1. The van der Waals surface area contributed by atoms with Crippen molar-refractivity contribution in [1.82, 2.24) is 19.2 Å². The van der Waals surface area contributed by atoms with Gasteiger partial charge in [-0.25, -0.2) is 14.8 Å². The van der Waals surface area contributed by atoms with Gasteiger partial charge in [-0.05, 0) is 37.8 Å². The first-order valence-corrected chi connectivity index (χ1v) is 11.1. The molecule has 1 N–H and O–H groups in total. The fraction of sp³-hybridized carbons (Fsp3) is 0.263. The Hall–Kier alpha value is -2.99. The highest BCUT2D eigenvalue weighted by molar-refractivity contribution is 7.90. The lowest BCUT2D eigenvalue weighted by Crippen LogP contribution is -2.24. The van der Waals surface area contributed by atoms with E-state index in [1.807, 2.05) is 0 Å². The Morgan fingerprint density at radius 3 is 2.38 bits per heavy atom. The molecule has 2 aromatic heterocycles. The quantitative estimate of drug-likeness (QED) is 0.557. The molecule has 13 heteroatoms. The lowest BCUT2D eigenvalue weighted by atomic mass is 9.93. The van der Waals surface area contributed by atoms with Crippen LogP contribution < -0.4 is 0 Å². The average Bonchev–Trinajstić information content (AvgIpc) is 3.13. The minimum Gasteiger partial charge on any atom is -0.478 e. The maximum atomic E-state index is 13.5. The molecule has 8 nitrogen and oxygen atoms in total. The van der Waals surface area contributed by atoms with Crippen molar-refractivity contribution in [3.05, 3.63) is 58.3 Å². The molecule has 0 bridgehead atoms. The Balaban J connectivity index is 1.93. The van der Waals surface area contributed by atoms with Crippen LogP contribution in [-0.2, 0) is 29.0 Å². The van der Waals surface area contributed by atoms with Crippen molar-refractivity contribution in [2.75, 3.05) is 0 Å². The van der Waals surface area contributed by atoms with E-state index in [-0.39, 0.29) is 23.4 Å². The number of aromatic carboxylic acids is 1. The Morgan fingerprint density at radius 1 is 1.09 bits per heavy atom. The molecule has 168 valence electrons. The van der Waals surface area contributed by atoms with E-state index in [0.717, 1.165) is 6.42 Å². The summed E-state index contributed by atoms with van der Waals surface area (Å²) in [6.07, 6.45) is -2.44. The van der Waals surface area contributed by atoms with Gasteiger partial charge < -0.3 is 5.11 Å². The molecule has 32 heavy (non-hydrogen) atoms. The van der Waals surface area contributed by atoms with Crippen LogP contribution in [0.3, 0.4) is 0 Å². The third-order valence-corrected chi connectivity index (χ3v) is 7.12. The number of hydrogen-bond donors (Lipinski definition) is 1. The molecule has 4 rings (SSSR count). The molecule has 1 aliphatic rings. The number of carbonyl (C=O) groups is 1. The molecule has 0 spiro atoms. The van der Waals surface area contributed by atoms with Crippen molar-refractivity contribution >= 4 is 27.6 Å². The lowest BCUT2D eigenvalue weighted by Gasteiger charge is -2.16. The Morgan fingerprint density at radius 2 is 1.75 bits per heavy atom. The second-order valence-electron chi connectivity index (χ2n) is 7.05. The number of hydrogen-bond acceptors (Lipinski definition) is 6. The maximum absolute atomic E-state index is 13.5. The monoisotopic (exact) mass is 486 g/mol. The van der Waals surface area contributed by atoms with E-state index in [2.05, 4.69) is 15.1 Å². The zero-order valence-corrected chi connectivity index (χ0v) is 17.7. The number of carboxylic acids is 1. The fourth-order valence-corrected chi connectivity index (χ4v) is 5.60. The number of rotatable bonds is 4. The fourth-order valence-electron chi connectivity index (χ4n) is 3.64. The molecule has 0 amide bonds. The number of fused-ring (bicyclic) bond motifs is 1. The second kappa shape index (κ2) is 7.85. The topological polar surface area (TPSA) is 115 Å². The SMILES string of the molecule is O=C(O)c1ccc(-c2nn(S(=O)(=O)c3c(Cl)ncnc3C(F)(F)F)c3c2CCCC3)cc1. The summed E-state index contributed by atoms with van der Waals surface area (Å²) in [5.41, 5.74) is -0.135. The minimum absolute atomic E-state index is 0.0257. The first-order chi connectivity index (χ1) is 15.0. The maximum Gasteiger partial charge on any atom is 0.434 e. The van der Waals surface area contributed by atoms with E-state index in [0.29, 0.717) is 34.4 Å². The molecule has 3 aromatic rings. The molecule has 1 aromatic carbocycles. The summed E-state index contributed by atoms with van der Waals surface area (Å²) in [5.74, 6) is -1.13. The largest absolute Gasteiger partial charge is 0.478 e. The van der Waals surface area contributed by atoms with Gasteiger partial charge in [0.15, 0.2) is 15.7 Å². The van der Waals surface area contributed by atoms with Crippen molar-refractivity contribution in [2.45, 2.75) is 36.8 Å². The Bertz CT molecular complexity index is 1320. The molecule has 0 unspecified atom stereocenters. The van der Waals surface area contributed by atoms with E-state index in [4.69, 9.17) is 16.7 Å². The number of aromatic nitrogens is 4. The van der Waals surface area contributed by atoms with Crippen LogP contribution in [0.25, 0.3) is 11.3 Å². The van der Waals surface area contributed by atoms with E-state index >= 15 is 0 Å². The zero-order chi connectivity index (χ0) is 23.3. The van der Waals surface area contributed by atoms with Gasteiger partial charge in [0.05, 0.1) is 17.0 Å². The lowest BCUT2D eigenvalue weighted by molar-refractivity contribution is -0.143. The van der Waals surface area contributed by atoms with Crippen LogP contribution >= 0.6 is 11.6 Å². The molecule has 0 saturated carbocycles. The van der Waals surface area contributed by atoms with Crippen LogP contribution in [0, 0.1) is 0 Å². The van der Waals surface area contributed by atoms with Crippen molar-refractivity contribution < 1.29 is 31.5 Å². The van der Waals surface area contributed by atoms with Gasteiger partial charge in [0.2, 0.25) is 0 Å². The normalized spacial score (nSPS) is 14.2. The molecular formula is C19H14ClF3N4O4S. The van der Waals surface area contributed by atoms with Crippen LogP contribution in [0.15, 0.2) is 35.5 Å². The van der Waals surface area contributed by atoms with Gasteiger partial charge in [-0.3, -0.25) is 0 Å². The summed E-state index contributed by atoms with van der Waals surface area (Å²) in [5, 5.41) is 12.4. The van der Waals surface area contributed by atoms with Crippen LogP contribution in [0.1, 0.15) is 40.2 Å². The molecular weight excluding hydrogens is 473 g/mol. The number of nitrogens with zero attached hydrogens (tertiary/aromatic N) is 4. The summed E-state index contributed by atoms with van der Waals surface area (Å²) >= 11 is 5.80. The molecule has 1 aliphatic carbocycles. The number of halogens is 4. The molecule has 0 aliphatic heterocycles. The van der Waals surface area contributed by atoms with Crippen molar-refractivity contribution in [2.24, 2.45) is 0 Å². The number of benzene rings is 1. The summed E-state index contributed by atoms with van der Waals surface area (Å²) in [6, 6.07) is 5.61. The highest BCUT2D eigenvalue weighted by Gasteiger charge is 2.43. The minimum atomic E-state index is -5.09. The van der Waals surface area contributed by atoms with E-state index in [1.54, 1.807) is 0 Å².